The molecule has 0 radical (unpaired) electrons. The molecule has 1 heterocycles. The van der Waals surface area contributed by atoms with Gasteiger partial charge in [-0.05, 0) is 47.9 Å². The number of aryl methyl sites for hydroxylation is 1. The molecule has 0 unspecified atom stereocenters. The zero-order valence-corrected chi connectivity index (χ0v) is 12.8. The Morgan fingerprint density at radius 3 is 2.58 bits per heavy atom. The number of nitrogens with one attached hydrogen (secondary N) is 2. The Labute approximate surface area is 118 Å². The molecule has 0 aliphatic carbocycles. The van der Waals surface area contributed by atoms with E-state index in [0.717, 1.165) is 25.4 Å². The van der Waals surface area contributed by atoms with Crippen LogP contribution in [0, 0.1) is 12.8 Å². The van der Waals surface area contributed by atoms with Crippen molar-refractivity contribution in [1.29, 1.82) is 0 Å². The van der Waals surface area contributed by atoms with Crippen LogP contribution in [0.3, 0.4) is 0 Å². The molecule has 106 valence electrons. The van der Waals surface area contributed by atoms with Crippen molar-refractivity contribution in [1.82, 2.24) is 10.6 Å². The summed E-state index contributed by atoms with van der Waals surface area (Å²) in [7, 11) is 0. The van der Waals surface area contributed by atoms with Crippen molar-refractivity contribution in [2.45, 2.75) is 39.5 Å². The molecule has 2 heteroatoms. The van der Waals surface area contributed by atoms with Crippen LogP contribution in [0.2, 0.25) is 0 Å². The van der Waals surface area contributed by atoms with Gasteiger partial charge in [-0.3, -0.25) is 0 Å². The fourth-order valence-corrected chi connectivity index (χ4v) is 2.43. The second kappa shape index (κ2) is 6.06. The Morgan fingerprint density at radius 2 is 2.00 bits per heavy atom. The Morgan fingerprint density at radius 1 is 1.26 bits per heavy atom. The lowest BCUT2D eigenvalue weighted by molar-refractivity contribution is 0.333. The molecule has 1 aliphatic rings. The first-order valence-corrected chi connectivity index (χ1v) is 7.48. The van der Waals surface area contributed by atoms with Crippen molar-refractivity contribution in [3.63, 3.8) is 0 Å². The van der Waals surface area contributed by atoms with Crippen LogP contribution < -0.4 is 10.6 Å². The van der Waals surface area contributed by atoms with E-state index in [1.54, 1.807) is 0 Å². The molecule has 19 heavy (non-hydrogen) atoms. The van der Waals surface area contributed by atoms with Crippen LogP contribution in [0.5, 0.6) is 0 Å². The quantitative estimate of drug-likeness (QED) is 0.795. The molecule has 1 aromatic rings. The van der Waals surface area contributed by atoms with E-state index in [2.05, 4.69) is 56.5 Å². The van der Waals surface area contributed by atoms with Gasteiger partial charge in [0.1, 0.15) is 0 Å². The highest BCUT2D eigenvalue weighted by atomic mass is 15.0. The summed E-state index contributed by atoms with van der Waals surface area (Å²) in [5, 5.41) is 6.89. The predicted molar refractivity (Wildman–Crippen MR) is 82.8 cm³/mol. The van der Waals surface area contributed by atoms with Gasteiger partial charge in [0.2, 0.25) is 0 Å². The topological polar surface area (TPSA) is 24.1 Å². The van der Waals surface area contributed by atoms with Crippen LogP contribution in [0.15, 0.2) is 18.2 Å². The van der Waals surface area contributed by atoms with Gasteiger partial charge in [-0.1, -0.05) is 39.0 Å². The van der Waals surface area contributed by atoms with Crippen molar-refractivity contribution < 1.29 is 0 Å². The second-order valence-electron chi connectivity index (χ2n) is 6.87. The van der Waals surface area contributed by atoms with Crippen LogP contribution in [0.25, 0.3) is 0 Å². The number of benzene rings is 1. The molecule has 2 nitrogen and oxygen atoms in total. The molecule has 0 saturated carbocycles. The lowest BCUT2D eigenvalue weighted by Gasteiger charge is -2.27. The SMILES string of the molecule is Cc1ccc(C(C)(C)C)cc1CCNCC1CNC1. The van der Waals surface area contributed by atoms with Crippen molar-refractivity contribution >= 4 is 0 Å². The Bertz CT molecular complexity index is 414. The molecule has 0 atom stereocenters. The summed E-state index contributed by atoms with van der Waals surface area (Å²) in [6.45, 7) is 13.7. The number of hydrogen-bond acceptors (Lipinski definition) is 2. The van der Waals surface area contributed by atoms with Crippen molar-refractivity contribution in [2.24, 2.45) is 5.92 Å². The zero-order chi connectivity index (χ0) is 13.9. The average Bonchev–Trinajstić information content (AvgIpc) is 2.27. The van der Waals surface area contributed by atoms with E-state index in [1.165, 1.54) is 29.8 Å². The normalized spacial score (nSPS) is 16.4. The average molecular weight is 260 g/mol. The maximum atomic E-state index is 3.58. The predicted octanol–water partition coefficient (Wildman–Crippen LogP) is 2.64. The Kier molecular flexibility index (Phi) is 4.64. The molecule has 2 N–H and O–H groups in total. The van der Waals surface area contributed by atoms with Gasteiger partial charge in [0.05, 0.1) is 0 Å². The maximum absolute atomic E-state index is 3.58. The van der Waals surface area contributed by atoms with E-state index in [9.17, 15) is 0 Å². The molecule has 0 bridgehead atoms. The molecule has 1 fully saturated rings. The summed E-state index contributed by atoms with van der Waals surface area (Å²) < 4.78 is 0. The molecule has 1 aliphatic heterocycles. The Balaban J connectivity index is 1.87. The third kappa shape index (κ3) is 4.05. The smallest absolute Gasteiger partial charge is 0.000394 e. The van der Waals surface area contributed by atoms with E-state index in [1.807, 2.05) is 0 Å². The molecule has 0 spiro atoms. The van der Waals surface area contributed by atoms with E-state index in [4.69, 9.17) is 0 Å². The van der Waals surface area contributed by atoms with Crippen LogP contribution in [-0.2, 0) is 11.8 Å². The summed E-state index contributed by atoms with van der Waals surface area (Å²) in [5.74, 6) is 0.849. The molecule has 0 aromatic heterocycles. The molecule has 2 rings (SSSR count). The Hall–Kier alpha value is -0.860. The van der Waals surface area contributed by atoms with Crippen LogP contribution in [-0.4, -0.2) is 26.2 Å². The molecule has 1 aromatic carbocycles. The number of rotatable bonds is 5. The van der Waals surface area contributed by atoms with Crippen molar-refractivity contribution in [3.8, 4) is 0 Å². The number of hydrogen-bond donors (Lipinski definition) is 2. The first-order chi connectivity index (χ1) is 8.97. The minimum atomic E-state index is 0.244. The van der Waals surface area contributed by atoms with Crippen LogP contribution >= 0.6 is 0 Å². The van der Waals surface area contributed by atoms with E-state index in [0.29, 0.717) is 0 Å². The minimum Gasteiger partial charge on any atom is -0.316 e. The van der Waals surface area contributed by atoms with Gasteiger partial charge in [-0.25, -0.2) is 0 Å². The molecule has 0 amide bonds. The summed E-state index contributed by atoms with van der Waals surface area (Å²) >= 11 is 0. The minimum absolute atomic E-state index is 0.244. The summed E-state index contributed by atoms with van der Waals surface area (Å²) in [6.07, 6.45) is 1.13. The zero-order valence-electron chi connectivity index (χ0n) is 12.8. The highest BCUT2D eigenvalue weighted by molar-refractivity contribution is 5.34. The summed E-state index contributed by atoms with van der Waals surface area (Å²) in [4.78, 5) is 0. The van der Waals surface area contributed by atoms with E-state index < -0.39 is 0 Å². The second-order valence-corrected chi connectivity index (χ2v) is 6.87. The van der Waals surface area contributed by atoms with Gasteiger partial charge in [-0.2, -0.15) is 0 Å². The van der Waals surface area contributed by atoms with Crippen LogP contribution in [0.4, 0.5) is 0 Å². The van der Waals surface area contributed by atoms with Crippen molar-refractivity contribution in [2.75, 3.05) is 26.2 Å². The third-order valence-electron chi connectivity index (χ3n) is 4.09. The lowest BCUT2D eigenvalue weighted by Crippen LogP contribution is -2.47. The highest BCUT2D eigenvalue weighted by Crippen LogP contribution is 2.24. The van der Waals surface area contributed by atoms with Crippen molar-refractivity contribution in [3.05, 3.63) is 34.9 Å². The standard InChI is InChI=1S/C17H28N2/c1-13-5-6-16(17(2,3)4)9-15(13)7-8-18-10-14-11-19-12-14/h5-6,9,14,18-19H,7-8,10-12H2,1-4H3. The van der Waals surface area contributed by atoms with Gasteiger partial charge >= 0.3 is 0 Å². The summed E-state index contributed by atoms with van der Waals surface area (Å²) in [5.41, 5.74) is 4.59. The van der Waals surface area contributed by atoms with Gasteiger partial charge < -0.3 is 10.6 Å². The monoisotopic (exact) mass is 260 g/mol. The largest absolute Gasteiger partial charge is 0.316 e. The third-order valence-corrected chi connectivity index (χ3v) is 4.09. The molecule has 1 saturated heterocycles. The van der Waals surface area contributed by atoms with Crippen LogP contribution in [0.1, 0.15) is 37.5 Å². The summed E-state index contributed by atoms with van der Waals surface area (Å²) in [6, 6.07) is 6.93. The first-order valence-electron chi connectivity index (χ1n) is 7.48. The maximum Gasteiger partial charge on any atom is 0.000394 e. The fourth-order valence-electron chi connectivity index (χ4n) is 2.43. The molecular formula is C17H28N2. The van der Waals surface area contributed by atoms with Gasteiger partial charge in [0, 0.05) is 19.6 Å². The van der Waals surface area contributed by atoms with E-state index in [-0.39, 0.29) is 5.41 Å². The lowest BCUT2D eigenvalue weighted by atomic mass is 9.85. The van der Waals surface area contributed by atoms with Gasteiger partial charge in [0.15, 0.2) is 0 Å². The molecular weight excluding hydrogens is 232 g/mol. The fraction of sp³-hybridized carbons (Fsp3) is 0.647. The van der Waals surface area contributed by atoms with Gasteiger partial charge in [-0.15, -0.1) is 0 Å². The van der Waals surface area contributed by atoms with Gasteiger partial charge in [0.25, 0.3) is 0 Å². The first kappa shape index (κ1) is 14.5. The van der Waals surface area contributed by atoms with E-state index >= 15 is 0 Å². The highest BCUT2D eigenvalue weighted by Gasteiger charge is 2.16.